The molecule has 1 heterocycles. The van der Waals surface area contributed by atoms with Gasteiger partial charge in [0.05, 0.1) is 5.92 Å². The molecule has 0 spiro atoms. The molecule has 1 aliphatic heterocycles. The van der Waals surface area contributed by atoms with Crippen molar-refractivity contribution in [2.45, 2.75) is 45.6 Å². The number of aliphatic carboxylic acids is 1. The van der Waals surface area contributed by atoms with Gasteiger partial charge in [-0.3, -0.25) is 4.79 Å². The predicted molar refractivity (Wildman–Crippen MR) is 71.8 cm³/mol. The number of hydrogen-bond donors (Lipinski definition) is 2. The second-order valence-corrected chi connectivity index (χ2v) is 6.23. The second kappa shape index (κ2) is 5.80. The highest BCUT2D eigenvalue weighted by Crippen LogP contribution is 2.25. The molecular formula is C14H24N2O3. The number of likely N-dealkylation sites (tertiary alicyclic amines) is 1. The fraction of sp³-hybridized carbons (Fsp3) is 0.857. The van der Waals surface area contributed by atoms with Crippen molar-refractivity contribution in [3.63, 3.8) is 0 Å². The third-order valence-corrected chi connectivity index (χ3v) is 4.56. The minimum absolute atomic E-state index is 0.0367. The molecular weight excluding hydrogens is 244 g/mol. The van der Waals surface area contributed by atoms with Gasteiger partial charge in [0.1, 0.15) is 0 Å². The molecule has 0 radical (unpaired) electrons. The Morgan fingerprint density at radius 2 is 1.74 bits per heavy atom. The molecule has 2 N–H and O–H groups in total. The Labute approximate surface area is 114 Å². The summed E-state index contributed by atoms with van der Waals surface area (Å²) in [7, 11) is 0. The molecule has 0 bridgehead atoms. The number of carboxylic acids is 1. The number of rotatable bonds is 2. The molecule has 1 aliphatic carbocycles. The Bertz CT molecular complexity index is 351. The van der Waals surface area contributed by atoms with Crippen LogP contribution < -0.4 is 5.32 Å². The van der Waals surface area contributed by atoms with E-state index in [1.54, 1.807) is 4.90 Å². The Kier molecular flexibility index (Phi) is 4.32. The minimum Gasteiger partial charge on any atom is -0.481 e. The number of carbonyl (C=O) groups is 2. The molecule has 2 rings (SSSR count). The van der Waals surface area contributed by atoms with E-state index in [4.69, 9.17) is 5.11 Å². The van der Waals surface area contributed by atoms with Gasteiger partial charge in [-0.1, -0.05) is 13.8 Å². The summed E-state index contributed by atoms with van der Waals surface area (Å²) >= 11 is 0. The quantitative estimate of drug-likeness (QED) is 0.804. The maximum atomic E-state index is 12.1. The molecule has 2 unspecified atom stereocenters. The van der Waals surface area contributed by atoms with Crippen LogP contribution in [-0.4, -0.2) is 41.1 Å². The van der Waals surface area contributed by atoms with E-state index in [1.165, 1.54) is 12.8 Å². The first-order valence-electron chi connectivity index (χ1n) is 7.25. The van der Waals surface area contributed by atoms with Gasteiger partial charge in [0.2, 0.25) is 0 Å². The van der Waals surface area contributed by atoms with Crippen molar-refractivity contribution in [2.75, 3.05) is 13.1 Å². The van der Waals surface area contributed by atoms with Gasteiger partial charge >= 0.3 is 12.0 Å². The molecule has 1 saturated carbocycles. The Hall–Kier alpha value is -1.26. The van der Waals surface area contributed by atoms with E-state index in [-0.39, 0.29) is 18.0 Å². The zero-order valence-corrected chi connectivity index (χ0v) is 11.8. The van der Waals surface area contributed by atoms with Gasteiger partial charge in [0, 0.05) is 19.1 Å². The van der Waals surface area contributed by atoms with Crippen molar-refractivity contribution in [3.8, 4) is 0 Å². The Morgan fingerprint density at radius 1 is 1.11 bits per heavy atom. The summed E-state index contributed by atoms with van der Waals surface area (Å²) in [5.74, 6) is -0.419. The lowest BCUT2D eigenvalue weighted by Crippen LogP contribution is -2.45. The first-order chi connectivity index (χ1) is 8.97. The number of hydrogen-bond acceptors (Lipinski definition) is 2. The standard InChI is InChI=1S/C14H24N2O3/c1-9-3-5-11(6-4-9)15-14(19)16-7-10(2)12(8-16)13(17)18/h9-12H,3-8H2,1-2H3,(H,15,19)(H,17,18). The molecule has 2 aliphatic rings. The molecule has 19 heavy (non-hydrogen) atoms. The van der Waals surface area contributed by atoms with Gasteiger partial charge in [-0.15, -0.1) is 0 Å². The van der Waals surface area contributed by atoms with Crippen molar-refractivity contribution >= 4 is 12.0 Å². The molecule has 0 aromatic carbocycles. The molecule has 0 aromatic rings. The van der Waals surface area contributed by atoms with Crippen molar-refractivity contribution in [1.82, 2.24) is 10.2 Å². The van der Waals surface area contributed by atoms with Gasteiger partial charge in [-0.2, -0.15) is 0 Å². The van der Waals surface area contributed by atoms with Gasteiger partial charge in [-0.05, 0) is 37.5 Å². The molecule has 1 saturated heterocycles. The van der Waals surface area contributed by atoms with Crippen molar-refractivity contribution in [2.24, 2.45) is 17.8 Å². The second-order valence-electron chi connectivity index (χ2n) is 6.23. The molecule has 2 atom stereocenters. The molecule has 2 amide bonds. The normalized spacial score (nSPS) is 35.2. The summed E-state index contributed by atoms with van der Waals surface area (Å²) in [5, 5.41) is 12.1. The van der Waals surface area contributed by atoms with Crippen molar-refractivity contribution in [1.29, 1.82) is 0 Å². The largest absolute Gasteiger partial charge is 0.481 e. The lowest BCUT2D eigenvalue weighted by atomic mass is 9.87. The third-order valence-electron chi connectivity index (χ3n) is 4.56. The molecule has 5 nitrogen and oxygen atoms in total. The smallest absolute Gasteiger partial charge is 0.317 e. The number of urea groups is 1. The first-order valence-corrected chi connectivity index (χ1v) is 7.25. The van der Waals surface area contributed by atoms with Crippen LogP contribution in [0.25, 0.3) is 0 Å². The highest BCUT2D eigenvalue weighted by molar-refractivity contribution is 5.77. The van der Waals surface area contributed by atoms with Crippen LogP contribution in [0.1, 0.15) is 39.5 Å². The monoisotopic (exact) mass is 268 g/mol. The van der Waals surface area contributed by atoms with Gasteiger partial charge in [-0.25, -0.2) is 4.79 Å². The summed E-state index contributed by atoms with van der Waals surface area (Å²) in [6.45, 7) is 5.03. The Balaban J connectivity index is 1.82. The predicted octanol–water partition coefficient (Wildman–Crippen LogP) is 1.93. The first kappa shape index (κ1) is 14.2. The van der Waals surface area contributed by atoms with E-state index in [0.29, 0.717) is 13.1 Å². The molecule has 5 heteroatoms. The summed E-state index contributed by atoms with van der Waals surface area (Å²) < 4.78 is 0. The molecule has 108 valence electrons. The van der Waals surface area contributed by atoms with Crippen LogP contribution in [-0.2, 0) is 4.79 Å². The van der Waals surface area contributed by atoms with Crippen LogP contribution in [0.3, 0.4) is 0 Å². The van der Waals surface area contributed by atoms with Crippen molar-refractivity contribution < 1.29 is 14.7 Å². The highest BCUT2D eigenvalue weighted by Gasteiger charge is 2.37. The SMILES string of the molecule is CC1CCC(NC(=O)N2CC(C)C(C(=O)O)C2)CC1. The van der Waals surface area contributed by atoms with E-state index in [0.717, 1.165) is 18.8 Å². The minimum atomic E-state index is -0.797. The van der Waals surface area contributed by atoms with Crippen molar-refractivity contribution in [3.05, 3.63) is 0 Å². The highest BCUT2D eigenvalue weighted by atomic mass is 16.4. The number of carboxylic acid groups (broad SMARTS) is 1. The van der Waals surface area contributed by atoms with Crippen LogP contribution in [0.4, 0.5) is 4.79 Å². The molecule has 0 aromatic heterocycles. The summed E-state index contributed by atoms with van der Waals surface area (Å²) in [6, 6.07) is 0.179. The summed E-state index contributed by atoms with van der Waals surface area (Å²) in [6.07, 6.45) is 4.41. The fourth-order valence-corrected chi connectivity index (χ4v) is 3.12. The fourth-order valence-electron chi connectivity index (χ4n) is 3.12. The van der Waals surface area contributed by atoms with E-state index >= 15 is 0 Å². The average Bonchev–Trinajstić information content (AvgIpc) is 2.74. The van der Waals surface area contributed by atoms with Crippen LogP contribution in [0, 0.1) is 17.8 Å². The van der Waals surface area contributed by atoms with Crippen LogP contribution >= 0.6 is 0 Å². The number of nitrogens with one attached hydrogen (secondary N) is 1. The Morgan fingerprint density at radius 3 is 2.26 bits per heavy atom. The van der Waals surface area contributed by atoms with Crippen LogP contribution in [0.5, 0.6) is 0 Å². The number of nitrogens with zero attached hydrogens (tertiary/aromatic N) is 1. The third kappa shape index (κ3) is 3.39. The van der Waals surface area contributed by atoms with Crippen LogP contribution in [0.15, 0.2) is 0 Å². The summed E-state index contributed by atoms with van der Waals surface area (Å²) in [5.41, 5.74) is 0. The van der Waals surface area contributed by atoms with E-state index in [1.807, 2.05) is 6.92 Å². The maximum absolute atomic E-state index is 12.1. The number of carbonyl (C=O) groups excluding carboxylic acids is 1. The summed E-state index contributed by atoms with van der Waals surface area (Å²) in [4.78, 5) is 24.8. The maximum Gasteiger partial charge on any atom is 0.317 e. The lowest BCUT2D eigenvalue weighted by Gasteiger charge is -2.28. The average molecular weight is 268 g/mol. The topological polar surface area (TPSA) is 69.6 Å². The van der Waals surface area contributed by atoms with Gasteiger partial charge in [0.25, 0.3) is 0 Å². The van der Waals surface area contributed by atoms with Crippen LogP contribution in [0.2, 0.25) is 0 Å². The lowest BCUT2D eigenvalue weighted by molar-refractivity contribution is -0.142. The number of amides is 2. The van der Waals surface area contributed by atoms with E-state index < -0.39 is 11.9 Å². The van der Waals surface area contributed by atoms with Gasteiger partial charge in [0.15, 0.2) is 0 Å². The van der Waals surface area contributed by atoms with Gasteiger partial charge < -0.3 is 15.3 Å². The zero-order chi connectivity index (χ0) is 14.0. The zero-order valence-electron chi connectivity index (χ0n) is 11.8. The van der Waals surface area contributed by atoms with E-state index in [9.17, 15) is 9.59 Å². The molecule has 2 fully saturated rings. The van der Waals surface area contributed by atoms with E-state index in [2.05, 4.69) is 12.2 Å².